The SMILES string of the molecule is CC1CC(=O)Nc2c(cccc2OC(C)C)N1. The Hall–Kier alpha value is -1.71. The van der Waals surface area contributed by atoms with Crippen molar-refractivity contribution in [1.82, 2.24) is 0 Å². The van der Waals surface area contributed by atoms with Crippen molar-refractivity contribution in [2.45, 2.75) is 39.3 Å². The van der Waals surface area contributed by atoms with Crippen molar-refractivity contribution in [1.29, 1.82) is 0 Å². The lowest BCUT2D eigenvalue weighted by Crippen LogP contribution is -2.19. The molecule has 1 heterocycles. The molecule has 0 bridgehead atoms. The van der Waals surface area contributed by atoms with E-state index in [0.717, 1.165) is 11.4 Å². The molecule has 0 aromatic heterocycles. The van der Waals surface area contributed by atoms with Gasteiger partial charge in [0, 0.05) is 12.5 Å². The molecule has 2 rings (SSSR count). The van der Waals surface area contributed by atoms with Crippen LogP contribution in [0, 0.1) is 0 Å². The number of nitrogens with one attached hydrogen (secondary N) is 2. The summed E-state index contributed by atoms with van der Waals surface area (Å²) >= 11 is 0. The van der Waals surface area contributed by atoms with Crippen molar-refractivity contribution < 1.29 is 9.53 Å². The fourth-order valence-electron chi connectivity index (χ4n) is 1.92. The second-order valence-corrected chi connectivity index (χ2v) is 4.64. The van der Waals surface area contributed by atoms with Crippen LogP contribution in [0.2, 0.25) is 0 Å². The first-order valence-electron chi connectivity index (χ1n) is 5.92. The number of para-hydroxylation sites is 1. The van der Waals surface area contributed by atoms with Crippen molar-refractivity contribution >= 4 is 17.3 Å². The van der Waals surface area contributed by atoms with Gasteiger partial charge in [-0.05, 0) is 32.9 Å². The molecule has 1 aliphatic heterocycles. The van der Waals surface area contributed by atoms with Gasteiger partial charge in [-0.1, -0.05) is 6.07 Å². The molecule has 0 fully saturated rings. The van der Waals surface area contributed by atoms with Gasteiger partial charge in [0.1, 0.15) is 11.4 Å². The van der Waals surface area contributed by atoms with Gasteiger partial charge in [0.25, 0.3) is 0 Å². The largest absolute Gasteiger partial charge is 0.489 e. The number of carbonyl (C=O) groups excluding carboxylic acids is 1. The Morgan fingerprint density at radius 3 is 2.88 bits per heavy atom. The van der Waals surface area contributed by atoms with Crippen LogP contribution in [0.3, 0.4) is 0 Å². The Bertz CT molecular complexity index is 429. The van der Waals surface area contributed by atoms with Gasteiger partial charge in [0.2, 0.25) is 5.91 Å². The van der Waals surface area contributed by atoms with Crippen LogP contribution in [-0.4, -0.2) is 18.1 Å². The number of carbonyl (C=O) groups is 1. The van der Waals surface area contributed by atoms with Gasteiger partial charge in [0.15, 0.2) is 0 Å². The van der Waals surface area contributed by atoms with E-state index in [0.29, 0.717) is 12.2 Å². The number of hydrogen-bond donors (Lipinski definition) is 2. The standard InChI is InChI=1S/C13H18N2O2/c1-8(2)17-11-6-4-5-10-13(11)15-12(16)7-9(3)14-10/h4-6,8-9,14H,7H2,1-3H3,(H,15,16). The molecule has 17 heavy (non-hydrogen) atoms. The van der Waals surface area contributed by atoms with Crippen LogP contribution in [0.1, 0.15) is 27.2 Å². The molecule has 1 aromatic rings. The zero-order valence-electron chi connectivity index (χ0n) is 10.4. The maximum Gasteiger partial charge on any atom is 0.226 e. The molecule has 1 aromatic carbocycles. The number of benzene rings is 1. The minimum Gasteiger partial charge on any atom is -0.489 e. The number of anilines is 2. The average molecular weight is 234 g/mol. The van der Waals surface area contributed by atoms with E-state index in [-0.39, 0.29) is 18.1 Å². The van der Waals surface area contributed by atoms with Gasteiger partial charge in [-0.3, -0.25) is 4.79 Å². The molecule has 4 nitrogen and oxygen atoms in total. The van der Waals surface area contributed by atoms with Crippen molar-refractivity contribution in [3.8, 4) is 5.75 Å². The maximum atomic E-state index is 11.7. The van der Waals surface area contributed by atoms with Crippen LogP contribution in [0.15, 0.2) is 18.2 Å². The Balaban J connectivity index is 2.38. The molecule has 1 aliphatic rings. The normalized spacial score (nSPS) is 19.1. The molecule has 92 valence electrons. The summed E-state index contributed by atoms with van der Waals surface area (Å²) in [5.74, 6) is 0.732. The molecular weight excluding hydrogens is 216 g/mol. The molecule has 0 saturated carbocycles. The summed E-state index contributed by atoms with van der Waals surface area (Å²) in [5, 5.41) is 6.20. The van der Waals surface area contributed by atoms with E-state index in [1.54, 1.807) is 0 Å². The van der Waals surface area contributed by atoms with Gasteiger partial charge in [0.05, 0.1) is 11.8 Å². The number of fused-ring (bicyclic) bond motifs is 1. The van der Waals surface area contributed by atoms with Crippen LogP contribution in [0.5, 0.6) is 5.75 Å². The lowest BCUT2D eigenvalue weighted by atomic mass is 10.2. The van der Waals surface area contributed by atoms with E-state index < -0.39 is 0 Å². The number of amides is 1. The molecule has 2 N–H and O–H groups in total. The lowest BCUT2D eigenvalue weighted by molar-refractivity contribution is -0.116. The van der Waals surface area contributed by atoms with Crippen molar-refractivity contribution in [2.75, 3.05) is 10.6 Å². The average Bonchev–Trinajstić information content (AvgIpc) is 2.35. The fourth-order valence-corrected chi connectivity index (χ4v) is 1.92. The highest BCUT2D eigenvalue weighted by Gasteiger charge is 2.20. The molecule has 1 atom stereocenters. The second kappa shape index (κ2) is 4.65. The summed E-state index contributed by atoms with van der Waals surface area (Å²) < 4.78 is 5.70. The summed E-state index contributed by atoms with van der Waals surface area (Å²) in [7, 11) is 0. The third kappa shape index (κ3) is 2.70. The van der Waals surface area contributed by atoms with Crippen molar-refractivity contribution in [3.63, 3.8) is 0 Å². The molecule has 0 radical (unpaired) electrons. The van der Waals surface area contributed by atoms with E-state index in [4.69, 9.17) is 4.74 Å². The van der Waals surface area contributed by atoms with E-state index in [9.17, 15) is 4.79 Å². The van der Waals surface area contributed by atoms with E-state index >= 15 is 0 Å². The first-order chi connectivity index (χ1) is 8.06. The monoisotopic (exact) mass is 234 g/mol. The minimum absolute atomic E-state index is 0.0172. The first kappa shape index (κ1) is 11.8. The quantitative estimate of drug-likeness (QED) is 0.827. The highest BCUT2D eigenvalue weighted by molar-refractivity contribution is 5.98. The second-order valence-electron chi connectivity index (χ2n) is 4.64. The van der Waals surface area contributed by atoms with E-state index in [2.05, 4.69) is 10.6 Å². The van der Waals surface area contributed by atoms with Crippen LogP contribution >= 0.6 is 0 Å². The molecule has 4 heteroatoms. The molecule has 0 saturated heterocycles. The smallest absolute Gasteiger partial charge is 0.226 e. The minimum atomic E-state index is 0.0172. The Morgan fingerprint density at radius 1 is 1.41 bits per heavy atom. The predicted molar refractivity (Wildman–Crippen MR) is 68.5 cm³/mol. The summed E-state index contributed by atoms with van der Waals surface area (Å²) in [6.45, 7) is 5.92. The number of ether oxygens (including phenoxy) is 1. The van der Waals surface area contributed by atoms with Crippen molar-refractivity contribution in [3.05, 3.63) is 18.2 Å². The van der Waals surface area contributed by atoms with Gasteiger partial charge < -0.3 is 15.4 Å². The van der Waals surface area contributed by atoms with Gasteiger partial charge in [-0.25, -0.2) is 0 Å². The van der Waals surface area contributed by atoms with E-state index in [1.165, 1.54) is 0 Å². The third-order valence-corrected chi connectivity index (χ3v) is 2.55. The highest BCUT2D eigenvalue weighted by atomic mass is 16.5. The van der Waals surface area contributed by atoms with Gasteiger partial charge >= 0.3 is 0 Å². The van der Waals surface area contributed by atoms with Crippen molar-refractivity contribution in [2.24, 2.45) is 0 Å². The molecule has 0 spiro atoms. The molecule has 0 aliphatic carbocycles. The predicted octanol–water partition coefficient (Wildman–Crippen LogP) is 2.62. The topological polar surface area (TPSA) is 50.4 Å². The number of rotatable bonds is 2. The Morgan fingerprint density at radius 2 is 2.18 bits per heavy atom. The van der Waals surface area contributed by atoms with Crippen LogP contribution < -0.4 is 15.4 Å². The van der Waals surface area contributed by atoms with Crippen LogP contribution in [0.25, 0.3) is 0 Å². The fraction of sp³-hybridized carbons (Fsp3) is 0.462. The highest BCUT2D eigenvalue weighted by Crippen LogP contribution is 2.35. The van der Waals surface area contributed by atoms with Crippen LogP contribution in [-0.2, 0) is 4.79 Å². The summed E-state index contributed by atoms with van der Waals surface area (Å²) in [4.78, 5) is 11.7. The van der Waals surface area contributed by atoms with E-state index in [1.807, 2.05) is 39.0 Å². The summed E-state index contributed by atoms with van der Waals surface area (Å²) in [6.07, 6.45) is 0.551. The summed E-state index contributed by atoms with van der Waals surface area (Å²) in [6, 6.07) is 5.88. The Labute approximate surface area is 101 Å². The first-order valence-corrected chi connectivity index (χ1v) is 5.92. The third-order valence-electron chi connectivity index (χ3n) is 2.55. The molecule has 1 amide bonds. The van der Waals surface area contributed by atoms with Crippen LogP contribution in [0.4, 0.5) is 11.4 Å². The number of hydrogen-bond acceptors (Lipinski definition) is 3. The zero-order valence-corrected chi connectivity index (χ0v) is 10.4. The molecule has 1 unspecified atom stereocenters. The van der Waals surface area contributed by atoms with Gasteiger partial charge in [-0.15, -0.1) is 0 Å². The van der Waals surface area contributed by atoms with Gasteiger partial charge in [-0.2, -0.15) is 0 Å². The summed E-state index contributed by atoms with van der Waals surface area (Å²) in [5.41, 5.74) is 1.66. The Kier molecular flexibility index (Phi) is 3.22. The zero-order chi connectivity index (χ0) is 12.4. The maximum absolute atomic E-state index is 11.7. The lowest BCUT2D eigenvalue weighted by Gasteiger charge is -2.17. The molecular formula is C13H18N2O2.